The van der Waals surface area contributed by atoms with Crippen LogP contribution in [0.3, 0.4) is 0 Å². The zero-order chi connectivity index (χ0) is 15.5. The lowest BCUT2D eigenvalue weighted by molar-refractivity contribution is -0.137. The van der Waals surface area contributed by atoms with E-state index in [1.165, 1.54) is 23.0 Å². The summed E-state index contributed by atoms with van der Waals surface area (Å²) < 4.78 is 41.0. The topological polar surface area (TPSA) is 29.9 Å². The van der Waals surface area contributed by atoms with Gasteiger partial charge in [-0.1, -0.05) is 13.0 Å². The van der Waals surface area contributed by atoms with Crippen molar-refractivity contribution >= 4 is 0 Å². The number of rotatable bonds is 5. The van der Waals surface area contributed by atoms with E-state index in [0.29, 0.717) is 12.1 Å². The highest BCUT2D eigenvalue weighted by molar-refractivity contribution is 5.45. The maximum atomic E-state index is 13.2. The van der Waals surface area contributed by atoms with E-state index in [9.17, 15) is 13.2 Å². The molecule has 1 aromatic carbocycles. The monoisotopic (exact) mass is 297 g/mol. The molecule has 0 unspecified atom stereocenters. The van der Waals surface area contributed by atoms with Gasteiger partial charge in [0.05, 0.1) is 17.4 Å². The van der Waals surface area contributed by atoms with Crippen LogP contribution in [0.15, 0.2) is 30.6 Å². The van der Waals surface area contributed by atoms with Gasteiger partial charge in [0.2, 0.25) is 0 Å². The number of nitrogens with zero attached hydrogens (tertiary/aromatic N) is 2. The summed E-state index contributed by atoms with van der Waals surface area (Å²) in [5, 5.41) is 7.07. The Labute approximate surface area is 121 Å². The van der Waals surface area contributed by atoms with E-state index >= 15 is 0 Å². The van der Waals surface area contributed by atoms with E-state index < -0.39 is 11.7 Å². The summed E-state index contributed by atoms with van der Waals surface area (Å²) in [4.78, 5) is 0. The first-order valence-electron chi connectivity index (χ1n) is 6.84. The molecule has 0 saturated carbocycles. The third kappa shape index (κ3) is 3.85. The molecule has 0 aliphatic carbocycles. The Kier molecular flexibility index (Phi) is 4.67. The van der Waals surface area contributed by atoms with Crippen LogP contribution >= 0.6 is 0 Å². The summed E-state index contributed by atoms with van der Waals surface area (Å²) in [7, 11) is 0. The number of aromatic nitrogens is 2. The summed E-state index contributed by atoms with van der Waals surface area (Å²) in [5.41, 5.74) is 0.816. The van der Waals surface area contributed by atoms with Crippen LogP contribution < -0.4 is 5.32 Å². The second-order valence-electron chi connectivity index (χ2n) is 4.99. The smallest absolute Gasteiger partial charge is 0.313 e. The van der Waals surface area contributed by atoms with E-state index in [2.05, 4.69) is 10.4 Å². The highest BCUT2D eigenvalue weighted by Crippen LogP contribution is 2.34. The number of aryl methyl sites for hydroxylation is 1. The molecule has 0 atom stereocenters. The molecule has 1 aromatic heterocycles. The number of hydrogen-bond acceptors (Lipinski definition) is 2. The second kappa shape index (κ2) is 6.30. The third-order valence-corrected chi connectivity index (χ3v) is 3.08. The molecule has 0 aliphatic rings. The first-order chi connectivity index (χ1) is 9.91. The molecule has 0 saturated heterocycles. The zero-order valence-electron chi connectivity index (χ0n) is 12.0. The first-order valence-corrected chi connectivity index (χ1v) is 6.84. The Morgan fingerprint density at radius 1 is 1.29 bits per heavy atom. The third-order valence-electron chi connectivity index (χ3n) is 3.08. The fourth-order valence-electron chi connectivity index (χ4n) is 2.07. The fourth-order valence-corrected chi connectivity index (χ4v) is 2.07. The number of nitrogens with one attached hydrogen (secondary N) is 1. The van der Waals surface area contributed by atoms with Crippen LogP contribution in [0, 0.1) is 6.92 Å². The molecule has 6 heteroatoms. The average Bonchev–Trinajstić information content (AvgIpc) is 2.84. The highest BCUT2D eigenvalue weighted by Gasteiger charge is 2.34. The molecule has 21 heavy (non-hydrogen) atoms. The molecular weight excluding hydrogens is 279 g/mol. The molecule has 0 spiro atoms. The fraction of sp³-hybridized carbons (Fsp3) is 0.400. The van der Waals surface area contributed by atoms with Crippen molar-refractivity contribution in [3.8, 4) is 5.69 Å². The summed E-state index contributed by atoms with van der Waals surface area (Å²) in [5.74, 6) is 0. The molecular formula is C15H18F3N3. The summed E-state index contributed by atoms with van der Waals surface area (Å²) in [6.07, 6.45) is -0.344. The lowest BCUT2D eigenvalue weighted by Crippen LogP contribution is -2.16. The maximum Gasteiger partial charge on any atom is 0.418 e. The van der Waals surface area contributed by atoms with Crippen molar-refractivity contribution in [2.45, 2.75) is 33.0 Å². The van der Waals surface area contributed by atoms with Crippen molar-refractivity contribution in [1.29, 1.82) is 0 Å². The minimum Gasteiger partial charge on any atom is -0.313 e. The minimum absolute atomic E-state index is 0.0508. The van der Waals surface area contributed by atoms with Gasteiger partial charge < -0.3 is 5.32 Å². The van der Waals surface area contributed by atoms with Crippen LogP contribution in [0.1, 0.15) is 30.0 Å². The van der Waals surface area contributed by atoms with Gasteiger partial charge >= 0.3 is 6.18 Å². The van der Waals surface area contributed by atoms with Crippen LogP contribution in [0.2, 0.25) is 0 Å². The lowest BCUT2D eigenvalue weighted by Gasteiger charge is -2.15. The number of halogens is 3. The average molecular weight is 297 g/mol. The Morgan fingerprint density at radius 2 is 2.05 bits per heavy atom. The quantitative estimate of drug-likeness (QED) is 0.853. The van der Waals surface area contributed by atoms with Crippen LogP contribution in [-0.4, -0.2) is 16.3 Å². The van der Waals surface area contributed by atoms with Crippen molar-refractivity contribution < 1.29 is 13.2 Å². The predicted molar refractivity (Wildman–Crippen MR) is 75.3 cm³/mol. The predicted octanol–water partition coefficient (Wildman–Crippen LogP) is 3.70. The Balaban J connectivity index is 2.37. The van der Waals surface area contributed by atoms with Gasteiger partial charge in [-0.2, -0.15) is 18.3 Å². The molecule has 0 radical (unpaired) electrons. The minimum atomic E-state index is -4.41. The molecule has 3 nitrogen and oxygen atoms in total. The van der Waals surface area contributed by atoms with Crippen LogP contribution in [-0.2, 0) is 12.7 Å². The molecule has 114 valence electrons. The molecule has 1 N–H and O–H groups in total. The van der Waals surface area contributed by atoms with Gasteiger partial charge in [0.25, 0.3) is 0 Å². The molecule has 0 aliphatic heterocycles. The maximum absolute atomic E-state index is 13.2. The van der Waals surface area contributed by atoms with E-state index in [4.69, 9.17) is 0 Å². The van der Waals surface area contributed by atoms with Gasteiger partial charge in [-0.15, -0.1) is 0 Å². The van der Waals surface area contributed by atoms with Crippen molar-refractivity contribution in [1.82, 2.24) is 15.1 Å². The number of hydrogen-bond donors (Lipinski definition) is 1. The summed E-state index contributed by atoms with van der Waals surface area (Å²) in [6.45, 7) is 5.01. The highest BCUT2D eigenvalue weighted by atomic mass is 19.4. The zero-order valence-corrected chi connectivity index (χ0v) is 12.0. The van der Waals surface area contributed by atoms with E-state index in [0.717, 1.165) is 18.5 Å². The van der Waals surface area contributed by atoms with Gasteiger partial charge in [-0.25, -0.2) is 4.68 Å². The largest absolute Gasteiger partial charge is 0.418 e. The molecule has 2 rings (SSSR count). The van der Waals surface area contributed by atoms with Gasteiger partial charge in [-0.05, 0) is 43.1 Å². The van der Waals surface area contributed by atoms with Crippen molar-refractivity contribution in [3.05, 3.63) is 47.3 Å². The van der Waals surface area contributed by atoms with E-state index in [1.807, 2.05) is 6.92 Å². The standard InChI is InChI=1S/C15H18F3N3/c1-3-6-19-9-12-4-5-14(13(7-12)15(16,17)18)21-10-11(2)8-20-21/h4-5,7-8,10,19H,3,6,9H2,1-2H3. The number of benzene rings is 1. The molecule has 0 amide bonds. The SMILES string of the molecule is CCCNCc1ccc(-n2cc(C)cn2)c(C(F)(F)F)c1. The van der Waals surface area contributed by atoms with Gasteiger partial charge in [0, 0.05) is 12.7 Å². The van der Waals surface area contributed by atoms with Crippen molar-refractivity contribution in [3.63, 3.8) is 0 Å². The van der Waals surface area contributed by atoms with Crippen molar-refractivity contribution in [2.75, 3.05) is 6.54 Å². The van der Waals surface area contributed by atoms with Crippen LogP contribution in [0.5, 0.6) is 0 Å². The Hall–Kier alpha value is -1.82. The Morgan fingerprint density at radius 3 is 2.62 bits per heavy atom. The lowest BCUT2D eigenvalue weighted by atomic mass is 10.1. The number of alkyl halides is 3. The summed E-state index contributed by atoms with van der Waals surface area (Å²) >= 11 is 0. The molecule has 1 heterocycles. The normalized spacial score (nSPS) is 11.9. The second-order valence-corrected chi connectivity index (χ2v) is 4.99. The van der Waals surface area contributed by atoms with E-state index in [-0.39, 0.29) is 5.69 Å². The Bertz CT molecular complexity index is 602. The van der Waals surface area contributed by atoms with Gasteiger partial charge in [0.1, 0.15) is 0 Å². The summed E-state index contributed by atoms with van der Waals surface area (Å²) in [6, 6.07) is 4.36. The molecule has 0 bridgehead atoms. The molecule has 2 aromatic rings. The first kappa shape index (κ1) is 15.6. The van der Waals surface area contributed by atoms with E-state index in [1.54, 1.807) is 19.2 Å². The van der Waals surface area contributed by atoms with Crippen LogP contribution in [0.25, 0.3) is 5.69 Å². The van der Waals surface area contributed by atoms with Crippen LogP contribution in [0.4, 0.5) is 13.2 Å². The van der Waals surface area contributed by atoms with Gasteiger partial charge in [0.15, 0.2) is 0 Å². The molecule has 0 fully saturated rings. The van der Waals surface area contributed by atoms with Gasteiger partial charge in [-0.3, -0.25) is 0 Å². The van der Waals surface area contributed by atoms with Crippen molar-refractivity contribution in [2.24, 2.45) is 0 Å².